The lowest BCUT2D eigenvalue weighted by Gasteiger charge is -2.19. The molecule has 0 unspecified atom stereocenters. The van der Waals surface area contributed by atoms with Crippen LogP contribution in [0.5, 0.6) is 0 Å². The summed E-state index contributed by atoms with van der Waals surface area (Å²) in [5, 5.41) is 13.4. The lowest BCUT2D eigenvalue weighted by Crippen LogP contribution is -2.26. The number of fused-ring (bicyclic) bond motifs is 1. The first-order chi connectivity index (χ1) is 13.5. The number of carbonyl (C=O) groups is 2. The van der Waals surface area contributed by atoms with E-state index in [-0.39, 0.29) is 28.4 Å². The minimum Gasteiger partial charge on any atom is -0.478 e. The van der Waals surface area contributed by atoms with E-state index in [9.17, 15) is 14.7 Å². The Balaban J connectivity index is 2.41. The summed E-state index contributed by atoms with van der Waals surface area (Å²) in [6, 6.07) is 13.9. The van der Waals surface area contributed by atoms with Gasteiger partial charge in [0.25, 0.3) is 5.91 Å². The molecule has 3 aromatic rings. The maximum Gasteiger partial charge on any atom is 0.336 e. The fourth-order valence-corrected chi connectivity index (χ4v) is 3.36. The number of hydrogen-bond acceptors (Lipinski definition) is 4. The summed E-state index contributed by atoms with van der Waals surface area (Å²) in [7, 11) is 0. The number of anilines is 2. The van der Waals surface area contributed by atoms with E-state index >= 15 is 0 Å². The fraction of sp³-hybridized carbons (Fsp3) is 0.182. The first-order valence-electron chi connectivity index (χ1n) is 9.17. The summed E-state index contributed by atoms with van der Waals surface area (Å²) in [6.07, 6.45) is 1.75. The number of carbonyl (C=O) groups excluding carboxylic acids is 1. The quantitative estimate of drug-likeness (QED) is 0.384. The first-order valence-corrected chi connectivity index (χ1v) is 9.17. The van der Waals surface area contributed by atoms with Crippen LogP contribution < -0.4 is 16.8 Å². The highest BCUT2D eigenvalue weighted by molar-refractivity contribution is 6.23. The number of rotatable bonds is 6. The zero-order valence-corrected chi connectivity index (χ0v) is 15.7. The van der Waals surface area contributed by atoms with Gasteiger partial charge in [-0.05, 0) is 18.1 Å². The van der Waals surface area contributed by atoms with Gasteiger partial charge in [-0.25, -0.2) is 4.79 Å². The van der Waals surface area contributed by atoms with E-state index in [0.29, 0.717) is 28.4 Å². The summed E-state index contributed by atoms with van der Waals surface area (Å²) < 4.78 is 0. The van der Waals surface area contributed by atoms with E-state index in [1.54, 1.807) is 12.1 Å². The Morgan fingerprint density at radius 3 is 2.36 bits per heavy atom. The topological polar surface area (TPSA) is 118 Å². The molecule has 0 spiro atoms. The van der Waals surface area contributed by atoms with Crippen molar-refractivity contribution in [2.45, 2.75) is 19.8 Å². The average Bonchev–Trinajstić information content (AvgIpc) is 2.70. The molecule has 6 nitrogen and oxygen atoms in total. The molecule has 0 saturated carbocycles. The second-order valence-corrected chi connectivity index (χ2v) is 6.59. The predicted molar refractivity (Wildman–Crippen MR) is 112 cm³/mol. The molecular weight excluding hydrogens is 354 g/mol. The highest BCUT2D eigenvalue weighted by Crippen LogP contribution is 2.42. The molecule has 6 N–H and O–H groups in total. The second-order valence-electron chi connectivity index (χ2n) is 6.59. The minimum absolute atomic E-state index is 0.0158. The molecule has 0 atom stereocenters. The van der Waals surface area contributed by atoms with E-state index in [4.69, 9.17) is 11.5 Å². The average molecular weight is 377 g/mol. The molecule has 0 aliphatic rings. The third-order valence-electron chi connectivity index (χ3n) is 4.75. The first kappa shape index (κ1) is 19.2. The summed E-state index contributed by atoms with van der Waals surface area (Å²) in [4.78, 5) is 25.1. The molecule has 28 heavy (non-hydrogen) atoms. The number of nitrogens with two attached hydrogens (primary N) is 2. The number of hydrogen-bond donors (Lipinski definition) is 4. The smallest absolute Gasteiger partial charge is 0.336 e. The van der Waals surface area contributed by atoms with Crippen LogP contribution >= 0.6 is 0 Å². The van der Waals surface area contributed by atoms with Gasteiger partial charge < -0.3 is 21.9 Å². The van der Waals surface area contributed by atoms with Crippen LogP contribution in [0, 0.1) is 0 Å². The normalized spacial score (nSPS) is 10.8. The van der Waals surface area contributed by atoms with Crippen molar-refractivity contribution in [3.05, 3.63) is 59.7 Å². The van der Waals surface area contributed by atoms with Crippen molar-refractivity contribution in [2.24, 2.45) is 0 Å². The molecule has 0 fully saturated rings. The highest BCUT2D eigenvalue weighted by Gasteiger charge is 2.25. The largest absolute Gasteiger partial charge is 0.478 e. The van der Waals surface area contributed by atoms with E-state index in [1.807, 2.05) is 37.3 Å². The Hall–Kier alpha value is -3.54. The van der Waals surface area contributed by atoms with Crippen LogP contribution in [0.3, 0.4) is 0 Å². The molecular formula is C22H23N3O3. The number of carboxylic acids is 1. The van der Waals surface area contributed by atoms with E-state index < -0.39 is 5.97 Å². The number of nitrogens with one attached hydrogen (secondary N) is 1. The van der Waals surface area contributed by atoms with E-state index in [2.05, 4.69) is 5.32 Å². The lowest BCUT2D eigenvalue weighted by atomic mass is 9.88. The van der Waals surface area contributed by atoms with Crippen LogP contribution in [0.15, 0.2) is 48.5 Å². The van der Waals surface area contributed by atoms with Crippen molar-refractivity contribution in [1.29, 1.82) is 0 Å². The maximum atomic E-state index is 13.2. The van der Waals surface area contributed by atoms with Crippen molar-refractivity contribution < 1.29 is 14.7 Å². The van der Waals surface area contributed by atoms with Gasteiger partial charge in [0.2, 0.25) is 0 Å². The molecule has 6 heteroatoms. The molecule has 144 valence electrons. The van der Waals surface area contributed by atoms with Crippen molar-refractivity contribution in [2.75, 3.05) is 18.0 Å². The van der Waals surface area contributed by atoms with Crippen LogP contribution in [0.1, 0.15) is 40.5 Å². The van der Waals surface area contributed by atoms with Crippen LogP contribution in [0.25, 0.3) is 21.9 Å². The van der Waals surface area contributed by atoms with Crippen molar-refractivity contribution in [1.82, 2.24) is 5.32 Å². The van der Waals surface area contributed by atoms with Gasteiger partial charge in [0, 0.05) is 22.9 Å². The molecule has 0 aliphatic heterocycles. The molecule has 3 aromatic carbocycles. The van der Waals surface area contributed by atoms with Gasteiger partial charge in [-0.3, -0.25) is 4.79 Å². The standard InChI is InChI=1S/C22H23N3O3/c1-2-3-12-25-21(26)18-16(13-8-5-4-6-9-13)20(24)19(23)14-10-7-11-15(17(14)18)22(27)28/h4-11H,2-3,12,23-24H2,1H3,(H,25,26)(H,27,28). The number of aromatic carboxylic acids is 1. The Labute approximate surface area is 163 Å². The van der Waals surface area contributed by atoms with Crippen LogP contribution in [-0.2, 0) is 0 Å². The van der Waals surface area contributed by atoms with Gasteiger partial charge in [-0.15, -0.1) is 0 Å². The summed E-state index contributed by atoms with van der Waals surface area (Å²) in [5.74, 6) is -1.49. The van der Waals surface area contributed by atoms with Crippen LogP contribution in [0.4, 0.5) is 11.4 Å². The van der Waals surface area contributed by atoms with Gasteiger partial charge in [0.1, 0.15) is 0 Å². The van der Waals surface area contributed by atoms with Gasteiger partial charge >= 0.3 is 5.97 Å². The van der Waals surface area contributed by atoms with Crippen LogP contribution in [0.2, 0.25) is 0 Å². The number of amides is 1. The maximum absolute atomic E-state index is 13.2. The summed E-state index contributed by atoms with van der Waals surface area (Å²) >= 11 is 0. The Bertz CT molecular complexity index is 1050. The summed E-state index contributed by atoms with van der Waals surface area (Å²) in [6.45, 7) is 2.52. The molecule has 1 amide bonds. The molecule has 0 bridgehead atoms. The third kappa shape index (κ3) is 3.36. The Kier molecular flexibility index (Phi) is 5.49. The molecule has 0 radical (unpaired) electrons. The number of carboxylic acid groups (broad SMARTS) is 1. The van der Waals surface area contributed by atoms with Crippen molar-refractivity contribution in [3.8, 4) is 11.1 Å². The van der Waals surface area contributed by atoms with Crippen LogP contribution in [-0.4, -0.2) is 23.5 Å². The van der Waals surface area contributed by atoms with Gasteiger partial charge in [0.15, 0.2) is 0 Å². The van der Waals surface area contributed by atoms with Crippen molar-refractivity contribution >= 4 is 34.0 Å². The lowest BCUT2D eigenvalue weighted by molar-refractivity contribution is 0.0699. The molecule has 0 saturated heterocycles. The monoisotopic (exact) mass is 377 g/mol. The third-order valence-corrected chi connectivity index (χ3v) is 4.75. The Morgan fingerprint density at radius 1 is 1.00 bits per heavy atom. The summed E-state index contributed by atoms with van der Waals surface area (Å²) in [5.41, 5.74) is 14.6. The number of benzene rings is 3. The number of nitrogen functional groups attached to an aromatic ring is 2. The van der Waals surface area contributed by atoms with Crippen molar-refractivity contribution in [3.63, 3.8) is 0 Å². The van der Waals surface area contributed by atoms with Gasteiger partial charge in [-0.1, -0.05) is 55.8 Å². The highest BCUT2D eigenvalue weighted by atomic mass is 16.4. The van der Waals surface area contributed by atoms with E-state index in [1.165, 1.54) is 6.07 Å². The number of unbranched alkanes of at least 4 members (excludes halogenated alkanes) is 1. The fourth-order valence-electron chi connectivity index (χ4n) is 3.36. The molecule has 3 rings (SSSR count). The molecule has 0 aliphatic carbocycles. The molecule has 0 aromatic heterocycles. The minimum atomic E-state index is -1.13. The molecule has 0 heterocycles. The van der Waals surface area contributed by atoms with E-state index in [0.717, 1.165) is 12.8 Å². The zero-order valence-electron chi connectivity index (χ0n) is 15.7. The second kappa shape index (κ2) is 8.00. The van der Waals surface area contributed by atoms with Gasteiger partial charge in [-0.2, -0.15) is 0 Å². The zero-order chi connectivity index (χ0) is 20.3. The Morgan fingerprint density at radius 2 is 1.71 bits per heavy atom. The predicted octanol–water partition coefficient (Wildman–Crippen LogP) is 3.90. The van der Waals surface area contributed by atoms with Gasteiger partial charge in [0.05, 0.1) is 22.5 Å². The SMILES string of the molecule is CCCCNC(=O)c1c(-c2ccccc2)c(N)c(N)c2cccc(C(=O)O)c12.